The molecule has 1 aliphatic rings. The number of carbonyl (C=O) groups is 1. The zero-order valence-corrected chi connectivity index (χ0v) is 14.6. The Hall–Kier alpha value is -2.53. The van der Waals surface area contributed by atoms with E-state index in [2.05, 4.69) is 28.4 Å². The number of carbonyl (C=O) groups excluding carboxylic acids is 1. The summed E-state index contributed by atoms with van der Waals surface area (Å²) in [5.41, 5.74) is 3.43. The van der Waals surface area contributed by atoms with Crippen molar-refractivity contribution in [2.24, 2.45) is 0 Å². The summed E-state index contributed by atoms with van der Waals surface area (Å²) < 4.78 is 5.15. The van der Waals surface area contributed by atoms with E-state index in [0.717, 1.165) is 37.3 Å². The molecule has 132 valence electrons. The van der Waals surface area contributed by atoms with E-state index in [1.165, 1.54) is 5.69 Å². The minimum Gasteiger partial charge on any atom is -0.380 e. The molecule has 2 aromatic carbocycles. The van der Waals surface area contributed by atoms with Gasteiger partial charge in [0.15, 0.2) is 0 Å². The fraction of sp³-hybridized carbons (Fsp3) is 0.350. The van der Waals surface area contributed by atoms with E-state index in [9.17, 15) is 4.79 Å². The minimum absolute atomic E-state index is 0.00450. The van der Waals surface area contributed by atoms with E-state index in [1.807, 2.05) is 41.3 Å². The van der Waals surface area contributed by atoms with Crippen molar-refractivity contribution < 1.29 is 9.53 Å². The highest BCUT2D eigenvalue weighted by Gasteiger charge is 2.20. The predicted octanol–water partition coefficient (Wildman–Crippen LogP) is 2.86. The first kappa shape index (κ1) is 17.3. The Kier molecular flexibility index (Phi) is 5.90. The highest BCUT2D eigenvalue weighted by molar-refractivity contribution is 5.74. The topological polar surface area (TPSA) is 44.8 Å². The molecule has 3 rings (SSSR count). The number of nitrogens with zero attached hydrogens (tertiary/aromatic N) is 2. The van der Waals surface area contributed by atoms with Crippen molar-refractivity contribution in [3.63, 3.8) is 0 Å². The number of benzene rings is 2. The van der Waals surface area contributed by atoms with Crippen LogP contribution in [0.25, 0.3) is 0 Å². The summed E-state index contributed by atoms with van der Waals surface area (Å²) in [7, 11) is 1.68. The maximum Gasteiger partial charge on any atom is 0.317 e. The van der Waals surface area contributed by atoms with Crippen molar-refractivity contribution >= 4 is 11.7 Å². The van der Waals surface area contributed by atoms with E-state index in [4.69, 9.17) is 4.74 Å². The van der Waals surface area contributed by atoms with Crippen LogP contribution in [0.4, 0.5) is 10.5 Å². The molecule has 0 atom stereocenters. The van der Waals surface area contributed by atoms with Gasteiger partial charge < -0.3 is 19.9 Å². The van der Waals surface area contributed by atoms with Gasteiger partial charge >= 0.3 is 6.03 Å². The lowest BCUT2D eigenvalue weighted by atomic mass is 10.1. The van der Waals surface area contributed by atoms with Gasteiger partial charge in [-0.3, -0.25) is 0 Å². The highest BCUT2D eigenvalue weighted by Crippen LogP contribution is 2.15. The number of nitrogens with one attached hydrogen (secondary N) is 1. The third kappa shape index (κ3) is 4.73. The molecule has 0 aromatic heterocycles. The molecule has 5 nitrogen and oxygen atoms in total. The van der Waals surface area contributed by atoms with Gasteiger partial charge in [-0.15, -0.1) is 0 Å². The summed E-state index contributed by atoms with van der Waals surface area (Å²) in [4.78, 5) is 16.6. The SMILES string of the molecule is COCc1cccc(CNC(=O)N2CCN(c3ccccc3)CC2)c1. The first-order chi connectivity index (χ1) is 12.3. The molecule has 5 heteroatoms. The highest BCUT2D eigenvalue weighted by atomic mass is 16.5. The molecular formula is C20H25N3O2. The van der Waals surface area contributed by atoms with Crippen LogP contribution in [0.3, 0.4) is 0 Å². The van der Waals surface area contributed by atoms with Crippen LogP contribution in [0.2, 0.25) is 0 Å². The summed E-state index contributed by atoms with van der Waals surface area (Å²) >= 11 is 0. The molecule has 1 N–H and O–H groups in total. The smallest absolute Gasteiger partial charge is 0.317 e. The van der Waals surface area contributed by atoms with Crippen LogP contribution in [0, 0.1) is 0 Å². The molecule has 0 saturated carbocycles. The number of hydrogen-bond acceptors (Lipinski definition) is 3. The number of urea groups is 1. The van der Waals surface area contributed by atoms with Gasteiger partial charge in [-0.2, -0.15) is 0 Å². The first-order valence-corrected chi connectivity index (χ1v) is 8.66. The standard InChI is InChI=1S/C20H25N3O2/c1-25-16-18-7-5-6-17(14-18)15-21-20(24)23-12-10-22(11-13-23)19-8-3-2-4-9-19/h2-9,14H,10-13,15-16H2,1H3,(H,21,24). The quantitative estimate of drug-likeness (QED) is 0.911. The van der Waals surface area contributed by atoms with Gasteiger partial charge in [0, 0.05) is 45.5 Å². The second-order valence-corrected chi connectivity index (χ2v) is 6.22. The third-order valence-electron chi connectivity index (χ3n) is 4.43. The Morgan fingerprint density at radius 2 is 1.72 bits per heavy atom. The average Bonchev–Trinajstić information content (AvgIpc) is 2.67. The second kappa shape index (κ2) is 8.53. The maximum absolute atomic E-state index is 12.4. The normalized spacial score (nSPS) is 14.4. The number of rotatable bonds is 5. The zero-order valence-electron chi connectivity index (χ0n) is 14.6. The number of anilines is 1. The molecule has 1 aliphatic heterocycles. The molecule has 25 heavy (non-hydrogen) atoms. The number of para-hydroxylation sites is 1. The predicted molar refractivity (Wildman–Crippen MR) is 99.6 cm³/mol. The molecule has 2 aromatic rings. The van der Waals surface area contributed by atoms with Gasteiger partial charge in [0.05, 0.1) is 6.61 Å². The van der Waals surface area contributed by atoms with Crippen molar-refractivity contribution in [1.82, 2.24) is 10.2 Å². The summed E-state index contributed by atoms with van der Waals surface area (Å²) in [5.74, 6) is 0. The molecule has 1 fully saturated rings. The largest absolute Gasteiger partial charge is 0.380 e. The first-order valence-electron chi connectivity index (χ1n) is 8.66. The summed E-state index contributed by atoms with van der Waals surface area (Å²) in [6.07, 6.45) is 0. The molecule has 1 saturated heterocycles. The van der Waals surface area contributed by atoms with Gasteiger partial charge in [0.1, 0.15) is 0 Å². The van der Waals surface area contributed by atoms with Crippen LogP contribution >= 0.6 is 0 Å². The van der Waals surface area contributed by atoms with Crippen LogP contribution in [0.15, 0.2) is 54.6 Å². The van der Waals surface area contributed by atoms with Crippen molar-refractivity contribution in [2.75, 3.05) is 38.2 Å². The van der Waals surface area contributed by atoms with Crippen LogP contribution in [-0.4, -0.2) is 44.2 Å². The Balaban J connectivity index is 1.47. The number of ether oxygens (including phenoxy) is 1. The van der Waals surface area contributed by atoms with E-state index < -0.39 is 0 Å². The van der Waals surface area contributed by atoms with E-state index in [-0.39, 0.29) is 6.03 Å². The van der Waals surface area contributed by atoms with Gasteiger partial charge in [-0.05, 0) is 23.3 Å². The lowest BCUT2D eigenvalue weighted by molar-refractivity contribution is 0.185. The monoisotopic (exact) mass is 339 g/mol. The van der Waals surface area contributed by atoms with E-state index in [0.29, 0.717) is 13.2 Å². The number of piperazine rings is 1. The van der Waals surface area contributed by atoms with Gasteiger partial charge in [-0.25, -0.2) is 4.79 Å². The molecular weight excluding hydrogens is 314 g/mol. The minimum atomic E-state index is 0.00450. The van der Waals surface area contributed by atoms with E-state index >= 15 is 0 Å². The number of amides is 2. The molecule has 2 amide bonds. The van der Waals surface area contributed by atoms with Crippen LogP contribution < -0.4 is 10.2 Å². The fourth-order valence-electron chi connectivity index (χ4n) is 3.09. The molecule has 0 radical (unpaired) electrons. The van der Waals surface area contributed by atoms with Crippen molar-refractivity contribution in [3.8, 4) is 0 Å². The summed E-state index contributed by atoms with van der Waals surface area (Å²) in [5, 5.41) is 3.02. The van der Waals surface area contributed by atoms with Crippen LogP contribution in [0.1, 0.15) is 11.1 Å². The Morgan fingerprint density at radius 1 is 1.00 bits per heavy atom. The summed E-state index contributed by atoms with van der Waals surface area (Å²) in [6.45, 7) is 4.33. The molecule has 0 bridgehead atoms. The third-order valence-corrected chi connectivity index (χ3v) is 4.43. The lowest BCUT2D eigenvalue weighted by Gasteiger charge is -2.36. The zero-order chi connectivity index (χ0) is 17.5. The second-order valence-electron chi connectivity index (χ2n) is 6.22. The van der Waals surface area contributed by atoms with Gasteiger partial charge in [0.25, 0.3) is 0 Å². The van der Waals surface area contributed by atoms with Crippen molar-refractivity contribution in [1.29, 1.82) is 0 Å². The van der Waals surface area contributed by atoms with Gasteiger partial charge in [-0.1, -0.05) is 42.5 Å². The van der Waals surface area contributed by atoms with Crippen molar-refractivity contribution in [2.45, 2.75) is 13.2 Å². The molecule has 1 heterocycles. The number of methoxy groups -OCH3 is 1. The molecule has 0 unspecified atom stereocenters. The average molecular weight is 339 g/mol. The number of hydrogen-bond donors (Lipinski definition) is 1. The van der Waals surface area contributed by atoms with Crippen LogP contribution in [-0.2, 0) is 17.9 Å². The fourth-order valence-corrected chi connectivity index (χ4v) is 3.09. The van der Waals surface area contributed by atoms with Crippen LogP contribution in [0.5, 0.6) is 0 Å². The lowest BCUT2D eigenvalue weighted by Crippen LogP contribution is -2.51. The summed E-state index contributed by atoms with van der Waals surface area (Å²) in [6, 6.07) is 18.5. The van der Waals surface area contributed by atoms with Crippen molar-refractivity contribution in [3.05, 3.63) is 65.7 Å². The Bertz CT molecular complexity index is 682. The van der Waals surface area contributed by atoms with Gasteiger partial charge in [0.2, 0.25) is 0 Å². The maximum atomic E-state index is 12.4. The molecule has 0 spiro atoms. The van der Waals surface area contributed by atoms with E-state index in [1.54, 1.807) is 7.11 Å². The molecule has 0 aliphatic carbocycles. The Labute approximate surface area is 149 Å². The Morgan fingerprint density at radius 3 is 2.44 bits per heavy atom.